The summed E-state index contributed by atoms with van der Waals surface area (Å²) in [7, 11) is 0. The Balaban J connectivity index is 1.73. The van der Waals surface area contributed by atoms with Crippen LogP contribution in [-0.2, 0) is 12.0 Å². The van der Waals surface area contributed by atoms with E-state index in [4.69, 9.17) is 0 Å². The maximum Gasteiger partial charge on any atom is 0.271 e. The molecule has 2 aromatic rings. The van der Waals surface area contributed by atoms with Crippen LogP contribution in [0.1, 0.15) is 40.2 Å². The predicted octanol–water partition coefficient (Wildman–Crippen LogP) is 1.74. The Kier molecular flexibility index (Phi) is 3.90. The number of carbonyl (C=O) groups is 1. The number of rotatable bonds is 3. The van der Waals surface area contributed by atoms with E-state index in [0.29, 0.717) is 6.42 Å². The van der Waals surface area contributed by atoms with Gasteiger partial charge in [-0.1, -0.05) is 24.3 Å². The maximum atomic E-state index is 12.1. The normalized spacial score (nSPS) is 20.3. The summed E-state index contributed by atoms with van der Waals surface area (Å²) in [6.07, 6.45) is 5.52. The van der Waals surface area contributed by atoms with Gasteiger partial charge >= 0.3 is 0 Å². The van der Waals surface area contributed by atoms with Gasteiger partial charge in [-0.15, -0.1) is 0 Å². The van der Waals surface area contributed by atoms with Crippen LogP contribution >= 0.6 is 0 Å². The Hall–Kier alpha value is -2.27. The number of aromatic nitrogens is 2. The average Bonchev–Trinajstić information content (AvgIpc) is 2.54. The predicted molar refractivity (Wildman–Crippen MR) is 82.4 cm³/mol. The molecule has 1 heterocycles. The van der Waals surface area contributed by atoms with Crippen LogP contribution in [0.15, 0.2) is 36.7 Å². The number of amides is 1. The van der Waals surface area contributed by atoms with Gasteiger partial charge in [0, 0.05) is 6.20 Å². The molecule has 1 aliphatic carbocycles. The van der Waals surface area contributed by atoms with Crippen molar-refractivity contribution in [1.29, 1.82) is 0 Å². The van der Waals surface area contributed by atoms with E-state index in [0.717, 1.165) is 29.7 Å². The molecule has 1 unspecified atom stereocenters. The van der Waals surface area contributed by atoms with E-state index in [1.807, 2.05) is 31.2 Å². The molecule has 1 atom stereocenters. The minimum absolute atomic E-state index is 0.179. The Morgan fingerprint density at radius 1 is 1.32 bits per heavy atom. The fourth-order valence-corrected chi connectivity index (χ4v) is 2.91. The molecule has 0 radical (unpaired) electrons. The zero-order valence-electron chi connectivity index (χ0n) is 12.5. The van der Waals surface area contributed by atoms with Gasteiger partial charge in [0.1, 0.15) is 11.3 Å². The summed E-state index contributed by atoms with van der Waals surface area (Å²) < 4.78 is 0. The van der Waals surface area contributed by atoms with Crippen molar-refractivity contribution in [3.63, 3.8) is 0 Å². The molecule has 0 saturated carbocycles. The highest BCUT2D eigenvalue weighted by Gasteiger charge is 2.34. The first kappa shape index (κ1) is 14.7. The number of benzene rings is 1. The number of nitrogens with one attached hydrogen (secondary N) is 1. The molecule has 0 fully saturated rings. The van der Waals surface area contributed by atoms with Crippen LogP contribution < -0.4 is 5.32 Å². The molecule has 0 aliphatic heterocycles. The second-order valence-corrected chi connectivity index (χ2v) is 5.77. The summed E-state index contributed by atoms with van der Waals surface area (Å²) >= 11 is 0. The fraction of sp³-hybridized carbons (Fsp3) is 0.353. The van der Waals surface area contributed by atoms with Gasteiger partial charge in [-0.25, -0.2) is 4.98 Å². The lowest BCUT2D eigenvalue weighted by molar-refractivity contribution is 0.0189. The summed E-state index contributed by atoms with van der Waals surface area (Å²) in [5.74, 6) is -0.316. The molecule has 0 saturated heterocycles. The molecular weight excluding hydrogens is 278 g/mol. The van der Waals surface area contributed by atoms with Crippen molar-refractivity contribution in [3.05, 3.63) is 59.2 Å². The topological polar surface area (TPSA) is 75.1 Å². The highest BCUT2D eigenvalue weighted by atomic mass is 16.3. The molecule has 0 spiro atoms. The van der Waals surface area contributed by atoms with E-state index in [2.05, 4.69) is 15.3 Å². The molecule has 114 valence electrons. The Morgan fingerprint density at radius 2 is 2.14 bits per heavy atom. The molecule has 22 heavy (non-hydrogen) atoms. The van der Waals surface area contributed by atoms with E-state index in [1.54, 1.807) is 6.20 Å². The average molecular weight is 297 g/mol. The van der Waals surface area contributed by atoms with E-state index in [-0.39, 0.29) is 18.1 Å². The van der Waals surface area contributed by atoms with Crippen LogP contribution in [0.4, 0.5) is 0 Å². The van der Waals surface area contributed by atoms with Crippen molar-refractivity contribution in [2.75, 3.05) is 6.54 Å². The zero-order valence-corrected chi connectivity index (χ0v) is 12.5. The molecular formula is C17H19N3O2. The standard InChI is InChI=1S/C17H19N3O2/c1-12-9-19-15(10-18-12)16(21)20-11-17(22)8-4-6-13-5-2-3-7-14(13)17/h2-3,5,7,9-10,22H,4,6,8,11H2,1H3,(H,20,21). The van der Waals surface area contributed by atoms with Gasteiger partial charge in [-0.2, -0.15) is 0 Å². The van der Waals surface area contributed by atoms with Gasteiger partial charge in [-0.05, 0) is 37.3 Å². The Labute approximate surface area is 129 Å². The van der Waals surface area contributed by atoms with Gasteiger partial charge in [0.2, 0.25) is 0 Å². The Morgan fingerprint density at radius 3 is 2.91 bits per heavy atom. The number of carbonyl (C=O) groups excluding carboxylic acids is 1. The van der Waals surface area contributed by atoms with Crippen LogP contribution in [0, 0.1) is 6.92 Å². The lowest BCUT2D eigenvalue weighted by Crippen LogP contribution is -2.43. The van der Waals surface area contributed by atoms with Gasteiger partial charge in [0.05, 0.1) is 18.4 Å². The third-order valence-electron chi connectivity index (χ3n) is 4.11. The molecule has 1 amide bonds. The first-order valence-corrected chi connectivity index (χ1v) is 7.46. The summed E-state index contributed by atoms with van der Waals surface area (Å²) in [5, 5.41) is 13.7. The van der Waals surface area contributed by atoms with Gasteiger partial charge in [0.25, 0.3) is 5.91 Å². The number of aryl methyl sites for hydroxylation is 2. The summed E-state index contributed by atoms with van der Waals surface area (Å²) in [6.45, 7) is 1.99. The van der Waals surface area contributed by atoms with Gasteiger partial charge in [0.15, 0.2) is 0 Å². The van der Waals surface area contributed by atoms with Crippen LogP contribution in [0.25, 0.3) is 0 Å². The first-order chi connectivity index (χ1) is 10.6. The quantitative estimate of drug-likeness (QED) is 0.905. The second-order valence-electron chi connectivity index (χ2n) is 5.77. The van der Waals surface area contributed by atoms with Gasteiger partial charge in [-0.3, -0.25) is 9.78 Å². The van der Waals surface area contributed by atoms with Crippen LogP contribution in [0.3, 0.4) is 0 Å². The second kappa shape index (κ2) is 5.85. The summed E-state index contributed by atoms with van der Waals surface area (Å²) in [4.78, 5) is 20.2. The highest BCUT2D eigenvalue weighted by molar-refractivity contribution is 5.91. The number of hydrogen-bond donors (Lipinski definition) is 2. The van der Waals surface area contributed by atoms with Crippen molar-refractivity contribution < 1.29 is 9.90 Å². The maximum absolute atomic E-state index is 12.1. The molecule has 1 aromatic heterocycles. The monoisotopic (exact) mass is 297 g/mol. The van der Waals surface area contributed by atoms with Crippen LogP contribution in [0.2, 0.25) is 0 Å². The van der Waals surface area contributed by atoms with E-state index in [1.165, 1.54) is 6.20 Å². The van der Waals surface area contributed by atoms with E-state index >= 15 is 0 Å². The van der Waals surface area contributed by atoms with Crippen LogP contribution in [-0.4, -0.2) is 27.5 Å². The zero-order chi connectivity index (χ0) is 15.6. The van der Waals surface area contributed by atoms with Crippen molar-refractivity contribution in [2.45, 2.75) is 31.8 Å². The Bertz CT molecular complexity index is 685. The molecule has 1 aromatic carbocycles. The number of hydrogen-bond acceptors (Lipinski definition) is 4. The third kappa shape index (κ3) is 2.85. The van der Waals surface area contributed by atoms with Gasteiger partial charge < -0.3 is 10.4 Å². The smallest absolute Gasteiger partial charge is 0.271 e. The van der Waals surface area contributed by atoms with Crippen molar-refractivity contribution in [3.8, 4) is 0 Å². The number of aliphatic hydroxyl groups is 1. The van der Waals surface area contributed by atoms with Crippen LogP contribution in [0.5, 0.6) is 0 Å². The molecule has 0 bridgehead atoms. The van der Waals surface area contributed by atoms with Crippen molar-refractivity contribution in [2.24, 2.45) is 0 Å². The molecule has 5 nitrogen and oxygen atoms in total. The molecule has 3 rings (SSSR count). The summed E-state index contributed by atoms with van der Waals surface area (Å²) in [6, 6.07) is 7.87. The van der Waals surface area contributed by atoms with Crippen molar-refractivity contribution >= 4 is 5.91 Å². The number of fused-ring (bicyclic) bond motifs is 1. The summed E-state index contributed by atoms with van der Waals surface area (Å²) in [5.41, 5.74) is 2.08. The third-order valence-corrected chi connectivity index (χ3v) is 4.11. The van der Waals surface area contributed by atoms with Crippen molar-refractivity contribution in [1.82, 2.24) is 15.3 Å². The number of nitrogens with zero attached hydrogens (tertiary/aromatic N) is 2. The minimum atomic E-state index is -1.01. The lowest BCUT2D eigenvalue weighted by atomic mass is 9.79. The largest absolute Gasteiger partial charge is 0.383 e. The first-order valence-electron chi connectivity index (χ1n) is 7.46. The molecule has 2 N–H and O–H groups in total. The molecule has 1 aliphatic rings. The fourth-order valence-electron chi connectivity index (χ4n) is 2.91. The highest BCUT2D eigenvalue weighted by Crippen LogP contribution is 2.34. The minimum Gasteiger partial charge on any atom is -0.383 e. The lowest BCUT2D eigenvalue weighted by Gasteiger charge is -2.34. The van der Waals surface area contributed by atoms with E-state index < -0.39 is 5.60 Å². The molecule has 5 heteroatoms. The SMILES string of the molecule is Cc1cnc(C(=O)NCC2(O)CCCc3ccccc32)cn1. The van der Waals surface area contributed by atoms with E-state index in [9.17, 15) is 9.90 Å².